The van der Waals surface area contributed by atoms with Crippen molar-refractivity contribution in [3.63, 3.8) is 0 Å². The molecule has 0 aromatic heterocycles. The van der Waals surface area contributed by atoms with Crippen molar-refractivity contribution in [2.75, 3.05) is 33.4 Å². The van der Waals surface area contributed by atoms with Gasteiger partial charge < -0.3 is 15.4 Å². The van der Waals surface area contributed by atoms with Crippen LogP contribution in [0, 0.1) is 0 Å². The van der Waals surface area contributed by atoms with Gasteiger partial charge in [0.15, 0.2) is 0 Å². The smallest absolute Gasteiger partial charge is 0.236 e. The molecule has 0 aliphatic carbocycles. The molecule has 0 saturated heterocycles. The minimum Gasteiger partial charge on any atom is -0.380 e. The molecule has 0 aromatic carbocycles. The molecule has 0 rings (SSSR count). The van der Waals surface area contributed by atoms with Gasteiger partial charge in [0.05, 0.1) is 13.2 Å². The molecule has 1 amide bonds. The lowest BCUT2D eigenvalue weighted by Crippen LogP contribution is -2.34. The molecule has 0 heterocycles. The summed E-state index contributed by atoms with van der Waals surface area (Å²) < 4.78 is 5.06. The molecule has 0 aromatic rings. The minimum atomic E-state index is -0.0512. The lowest BCUT2D eigenvalue weighted by Gasteiger charge is -2.15. The van der Waals surface area contributed by atoms with Gasteiger partial charge in [0.2, 0.25) is 5.91 Å². The number of hydrogen-bond donors (Lipinski definition) is 1. The van der Waals surface area contributed by atoms with Gasteiger partial charge in [-0.2, -0.15) is 0 Å². The molecule has 0 aliphatic heterocycles. The molecule has 0 unspecified atom stereocenters. The first kappa shape index (κ1) is 10.4. The van der Waals surface area contributed by atoms with Gasteiger partial charge in [0, 0.05) is 20.2 Å². The van der Waals surface area contributed by atoms with Gasteiger partial charge >= 0.3 is 0 Å². The highest BCUT2D eigenvalue weighted by atomic mass is 16.5. The molecule has 4 heteroatoms. The number of hydrogen-bond acceptors (Lipinski definition) is 3. The van der Waals surface area contributed by atoms with Crippen LogP contribution in [0.2, 0.25) is 0 Å². The second-order valence-corrected chi connectivity index (χ2v) is 2.22. The third-order valence-electron chi connectivity index (χ3n) is 1.38. The van der Waals surface area contributed by atoms with Crippen molar-refractivity contribution < 1.29 is 9.53 Å². The topological polar surface area (TPSA) is 55.6 Å². The quantitative estimate of drug-likeness (QED) is 0.548. The molecular formula is C7H16N2O2. The molecule has 2 N–H and O–H groups in total. The third kappa shape index (κ3) is 4.75. The Bertz CT molecular complexity index is 117. The fraction of sp³-hybridized carbons (Fsp3) is 0.857. The fourth-order valence-electron chi connectivity index (χ4n) is 0.626. The normalized spacial score (nSPS) is 9.73. The first-order valence-corrected chi connectivity index (χ1v) is 3.74. The predicted octanol–water partition coefficient (Wildman–Crippen LogP) is -0.560. The van der Waals surface area contributed by atoms with E-state index < -0.39 is 0 Å². The van der Waals surface area contributed by atoms with Gasteiger partial charge in [-0.15, -0.1) is 0 Å². The van der Waals surface area contributed by atoms with E-state index in [9.17, 15) is 4.79 Å². The molecule has 0 bridgehead atoms. The van der Waals surface area contributed by atoms with Crippen LogP contribution in [0.4, 0.5) is 0 Å². The maximum absolute atomic E-state index is 10.9. The van der Waals surface area contributed by atoms with E-state index in [1.54, 1.807) is 11.9 Å². The average Bonchev–Trinajstić information content (AvgIpc) is 2.03. The van der Waals surface area contributed by atoms with Crippen LogP contribution in [0.15, 0.2) is 0 Å². The predicted molar refractivity (Wildman–Crippen MR) is 43.2 cm³/mol. The number of nitrogens with zero attached hydrogens (tertiary/aromatic N) is 1. The van der Waals surface area contributed by atoms with Crippen LogP contribution in [-0.2, 0) is 9.53 Å². The third-order valence-corrected chi connectivity index (χ3v) is 1.38. The van der Waals surface area contributed by atoms with Gasteiger partial charge in [0.25, 0.3) is 0 Å². The van der Waals surface area contributed by atoms with Crippen molar-refractivity contribution in [3.05, 3.63) is 0 Å². The first-order valence-electron chi connectivity index (χ1n) is 3.74. The maximum atomic E-state index is 10.9. The van der Waals surface area contributed by atoms with Gasteiger partial charge in [-0.25, -0.2) is 0 Å². The van der Waals surface area contributed by atoms with E-state index in [2.05, 4.69) is 0 Å². The monoisotopic (exact) mass is 160 g/mol. The molecule has 0 fully saturated rings. The second-order valence-electron chi connectivity index (χ2n) is 2.22. The van der Waals surface area contributed by atoms with E-state index in [1.165, 1.54) is 0 Å². The Morgan fingerprint density at radius 3 is 2.73 bits per heavy atom. The number of ether oxygens (including phenoxy) is 1. The number of amides is 1. The van der Waals surface area contributed by atoms with Gasteiger partial charge in [0.1, 0.15) is 0 Å². The number of likely N-dealkylation sites (N-methyl/N-ethyl adjacent to an activating group) is 1. The molecule has 11 heavy (non-hydrogen) atoms. The maximum Gasteiger partial charge on any atom is 0.236 e. The zero-order valence-corrected chi connectivity index (χ0v) is 7.17. The van der Waals surface area contributed by atoms with Crippen molar-refractivity contribution in [2.24, 2.45) is 5.73 Å². The largest absolute Gasteiger partial charge is 0.380 e. The Balaban J connectivity index is 3.36. The lowest BCUT2D eigenvalue weighted by atomic mass is 10.5. The van der Waals surface area contributed by atoms with Crippen molar-refractivity contribution in [3.8, 4) is 0 Å². The van der Waals surface area contributed by atoms with Crippen molar-refractivity contribution in [1.29, 1.82) is 0 Å². The van der Waals surface area contributed by atoms with Crippen molar-refractivity contribution in [2.45, 2.75) is 6.92 Å². The second kappa shape index (κ2) is 6.12. The van der Waals surface area contributed by atoms with E-state index in [-0.39, 0.29) is 12.5 Å². The summed E-state index contributed by atoms with van der Waals surface area (Å²) in [5, 5.41) is 0. The first-order chi connectivity index (χ1) is 5.22. The number of carbonyl (C=O) groups is 1. The van der Waals surface area contributed by atoms with Gasteiger partial charge in [-0.1, -0.05) is 0 Å². The van der Waals surface area contributed by atoms with Gasteiger partial charge in [-0.05, 0) is 6.92 Å². The Labute approximate surface area is 67.3 Å². The summed E-state index contributed by atoms with van der Waals surface area (Å²) in [6, 6.07) is 0. The number of carbonyl (C=O) groups excluding carboxylic acids is 1. The fourth-order valence-corrected chi connectivity index (χ4v) is 0.626. The van der Waals surface area contributed by atoms with E-state index in [0.717, 1.165) is 0 Å². The Hall–Kier alpha value is -0.610. The van der Waals surface area contributed by atoms with E-state index in [0.29, 0.717) is 19.8 Å². The van der Waals surface area contributed by atoms with Crippen molar-refractivity contribution >= 4 is 5.91 Å². The van der Waals surface area contributed by atoms with Gasteiger partial charge in [-0.3, -0.25) is 4.79 Å². The van der Waals surface area contributed by atoms with Crippen LogP contribution < -0.4 is 5.73 Å². The molecule has 0 saturated carbocycles. The Morgan fingerprint density at radius 2 is 2.27 bits per heavy atom. The summed E-state index contributed by atoms with van der Waals surface area (Å²) in [7, 11) is 1.72. The van der Waals surface area contributed by atoms with Crippen LogP contribution in [0.1, 0.15) is 6.92 Å². The summed E-state index contributed by atoms with van der Waals surface area (Å²) in [6.07, 6.45) is 0. The molecule has 66 valence electrons. The van der Waals surface area contributed by atoms with Crippen LogP contribution in [0.3, 0.4) is 0 Å². The summed E-state index contributed by atoms with van der Waals surface area (Å²) >= 11 is 0. The molecular weight excluding hydrogens is 144 g/mol. The molecule has 0 radical (unpaired) electrons. The molecule has 0 aliphatic rings. The molecule has 0 atom stereocenters. The number of rotatable bonds is 5. The molecule has 4 nitrogen and oxygen atoms in total. The number of nitrogens with two attached hydrogens (primary N) is 1. The summed E-state index contributed by atoms with van der Waals surface area (Å²) in [4.78, 5) is 12.4. The lowest BCUT2D eigenvalue weighted by molar-refractivity contribution is -0.129. The minimum absolute atomic E-state index is 0.0512. The summed E-state index contributed by atoms with van der Waals surface area (Å²) in [6.45, 7) is 3.88. The van der Waals surface area contributed by atoms with E-state index in [4.69, 9.17) is 10.5 Å². The molecule has 0 spiro atoms. The van der Waals surface area contributed by atoms with Crippen LogP contribution in [0.25, 0.3) is 0 Å². The highest BCUT2D eigenvalue weighted by Crippen LogP contribution is 1.83. The average molecular weight is 160 g/mol. The van der Waals surface area contributed by atoms with Crippen molar-refractivity contribution in [1.82, 2.24) is 4.90 Å². The van der Waals surface area contributed by atoms with E-state index >= 15 is 0 Å². The zero-order chi connectivity index (χ0) is 8.69. The highest BCUT2D eigenvalue weighted by molar-refractivity contribution is 5.77. The van der Waals surface area contributed by atoms with Crippen LogP contribution in [0.5, 0.6) is 0 Å². The standard InChI is InChI=1S/C7H16N2O2/c1-3-11-5-4-9(2)7(10)6-8/h3-6,8H2,1-2H3. The summed E-state index contributed by atoms with van der Waals surface area (Å²) in [5.41, 5.74) is 5.15. The van der Waals surface area contributed by atoms with Crippen LogP contribution >= 0.6 is 0 Å². The SMILES string of the molecule is CCOCCN(C)C(=O)CN. The highest BCUT2D eigenvalue weighted by Gasteiger charge is 2.03. The van der Waals surface area contributed by atoms with Crippen LogP contribution in [-0.4, -0.2) is 44.2 Å². The Kier molecular flexibility index (Phi) is 5.78. The summed E-state index contributed by atoms with van der Waals surface area (Å²) in [5.74, 6) is -0.0512. The Morgan fingerprint density at radius 1 is 1.64 bits per heavy atom. The zero-order valence-electron chi connectivity index (χ0n) is 7.17. The van der Waals surface area contributed by atoms with E-state index in [1.807, 2.05) is 6.92 Å².